The van der Waals surface area contributed by atoms with Crippen LogP contribution in [0.4, 0.5) is 11.6 Å². The quantitative estimate of drug-likeness (QED) is 0.463. The molecule has 5 N–H and O–H groups in total. The van der Waals surface area contributed by atoms with E-state index in [2.05, 4.69) is 15.3 Å². The fourth-order valence-electron chi connectivity index (χ4n) is 3.70. The zero-order chi connectivity index (χ0) is 20.9. The van der Waals surface area contributed by atoms with Gasteiger partial charge in [0.05, 0.1) is 17.4 Å². The summed E-state index contributed by atoms with van der Waals surface area (Å²) in [6, 6.07) is 16.9. The Morgan fingerprint density at radius 2 is 1.77 bits per heavy atom. The minimum absolute atomic E-state index is 0.0937. The lowest BCUT2D eigenvalue weighted by molar-refractivity contribution is 0.124. The molecule has 0 aliphatic heterocycles. The SMILES string of the molecule is N=C(c1ccc(Oc2ccccc2)cc1)c1c(N)ncnc1NC1CCCC(O)C1. The number of para-hydroxylation sites is 1. The highest BCUT2D eigenvalue weighted by atomic mass is 16.5. The van der Waals surface area contributed by atoms with Gasteiger partial charge in [-0.1, -0.05) is 18.2 Å². The fraction of sp³-hybridized carbons (Fsp3) is 0.261. The average molecular weight is 403 g/mol. The molecule has 0 amide bonds. The standard InChI is InChI=1S/C23H25N5O2/c24-21(15-9-11-19(12-10-15)30-18-7-2-1-3-8-18)20-22(25)26-14-27-23(20)28-16-5-4-6-17(29)13-16/h1-3,7-12,14,16-17,24,29H,4-6,13H2,(H3,25,26,27,28). The molecule has 7 nitrogen and oxygen atoms in total. The molecule has 0 bridgehead atoms. The summed E-state index contributed by atoms with van der Waals surface area (Å²) in [5.74, 6) is 2.21. The van der Waals surface area contributed by atoms with E-state index in [1.165, 1.54) is 6.33 Å². The maximum atomic E-state index is 9.95. The van der Waals surface area contributed by atoms with Crippen LogP contribution in [0.25, 0.3) is 0 Å². The van der Waals surface area contributed by atoms with Gasteiger partial charge in [0.1, 0.15) is 29.5 Å². The van der Waals surface area contributed by atoms with Crippen molar-refractivity contribution in [3.05, 3.63) is 72.1 Å². The third-order valence-corrected chi connectivity index (χ3v) is 5.24. The maximum Gasteiger partial charge on any atom is 0.141 e. The number of nitrogen functional groups attached to an aromatic ring is 1. The molecule has 3 aromatic rings. The Morgan fingerprint density at radius 3 is 2.50 bits per heavy atom. The zero-order valence-electron chi connectivity index (χ0n) is 16.6. The van der Waals surface area contributed by atoms with Crippen LogP contribution in [0.2, 0.25) is 0 Å². The van der Waals surface area contributed by atoms with Crippen molar-refractivity contribution >= 4 is 17.3 Å². The van der Waals surface area contributed by atoms with Crippen molar-refractivity contribution in [2.75, 3.05) is 11.1 Å². The van der Waals surface area contributed by atoms with Gasteiger partial charge in [0.15, 0.2) is 0 Å². The number of rotatable bonds is 6. The molecule has 154 valence electrons. The van der Waals surface area contributed by atoms with Gasteiger partial charge in [-0.3, -0.25) is 5.41 Å². The first-order valence-electron chi connectivity index (χ1n) is 10.1. The summed E-state index contributed by atoms with van der Waals surface area (Å²) in [6.45, 7) is 0. The molecule has 2 atom stereocenters. The Labute approximate surface area is 175 Å². The largest absolute Gasteiger partial charge is 0.457 e. The molecule has 4 rings (SSSR count). The molecule has 0 saturated heterocycles. The third-order valence-electron chi connectivity index (χ3n) is 5.24. The average Bonchev–Trinajstić information content (AvgIpc) is 2.75. The highest BCUT2D eigenvalue weighted by Gasteiger charge is 2.23. The first kappa shape index (κ1) is 19.8. The molecule has 1 aromatic heterocycles. The van der Waals surface area contributed by atoms with Crippen molar-refractivity contribution in [2.45, 2.75) is 37.8 Å². The van der Waals surface area contributed by atoms with E-state index in [0.717, 1.165) is 25.0 Å². The Balaban J connectivity index is 1.54. The predicted octanol–water partition coefficient (Wildman–Crippen LogP) is 3.98. The molecule has 2 unspecified atom stereocenters. The summed E-state index contributed by atoms with van der Waals surface area (Å²) in [7, 11) is 0. The Bertz CT molecular complexity index is 1010. The van der Waals surface area contributed by atoms with Crippen molar-refractivity contribution < 1.29 is 9.84 Å². The van der Waals surface area contributed by atoms with Gasteiger partial charge in [0.2, 0.25) is 0 Å². The topological polar surface area (TPSA) is 117 Å². The number of hydrogen-bond donors (Lipinski definition) is 4. The van der Waals surface area contributed by atoms with Crippen LogP contribution in [0.3, 0.4) is 0 Å². The molecule has 0 radical (unpaired) electrons. The minimum atomic E-state index is -0.310. The van der Waals surface area contributed by atoms with Gasteiger partial charge in [-0.25, -0.2) is 9.97 Å². The van der Waals surface area contributed by atoms with Crippen molar-refractivity contribution in [2.24, 2.45) is 0 Å². The number of hydrogen-bond acceptors (Lipinski definition) is 7. The number of anilines is 2. The van der Waals surface area contributed by atoms with Crippen LogP contribution < -0.4 is 15.8 Å². The van der Waals surface area contributed by atoms with E-state index >= 15 is 0 Å². The van der Waals surface area contributed by atoms with Crippen LogP contribution in [0.15, 0.2) is 60.9 Å². The van der Waals surface area contributed by atoms with Gasteiger partial charge < -0.3 is 20.9 Å². The summed E-state index contributed by atoms with van der Waals surface area (Å²) in [4.78, 5) is 8.41. The first-order valence-corrected chi connectivity index (χ1v) is 10.1. The van der Waals surface area contributed by atoms with Gasteiger partial charge in [0, 0.05) is 11.6 Å². The number of aliphatic hydroxyl groups is 1. The molecule has 0 spiro atoms. The number of benzene rings is 2. The number of ether oxygens (including phenoxy) is 1. The van der Waals surface area contributed by atoms with Crippen LogP contribution in [-0.4, -0.2) is 32.9 Å². The van der Waals surface area contributed by atoms with E-state index in [0.29, 0.717) is 29.1 Å². The second-order valence-corrected chi connectivity index (χ2v) is 7.46. The van der Waals surface area contributed by atoms with Crippen molar-refractivity contribution in [3.63, 3.8) is 0 Å². The molecular formula is C23H25N5O2. The van der Waals surface area contributed by atoms with Crippen molar-refractivity contribution in [1.82, 2.24) is 9.97 Å². The summed E-state index contributed by atoms with van der Waals surface area (Å²) in [5, 5.41) is 22.0. The molecule has 2 aromatic carbocycles. The zero-order valence-corrected chi connectivity index (χ0v) is 16.6. The Hall–Kier alpha value is -3.45. The second-order valence-electron chi connectivity index (χ2n) is 7.46. The number of nitrogens with two attached hydrogens (primary N) is 1. The minimum Gasteiger partial charge on any atom is -0.457 e. The molecule has 7 heteroatoms. The summed E-state index contributed by atoms with van der Waals surface area (Å²) >= 11 is 0. The normalized spacial score (nSPS) is 18.6. The lowest BCUT2D eigenvalue weighted by atomic mass is 9.92. The van der Waals surface area contributed by atoms with Crippen LogP contribution in [-0.2, 0) is 0 Å². The van der Waals surface area contributed by atoms with Crippen LogP contribution in [0.5, 0.6) is 11.5 Å². The fourth-order valence-corrected chi connectivity index (χ4v) is 3.70. The summed E-state index contributed by atoms with van der Waals surface area (Å²) < 4.78 is 5.82. The monoisotopic (exact) mass is 403 g/mol. The lowest BCUT2D eigenvalue weighted by Gasteiger charge is -2.28. The van der Waals surface area contributed by atoms with E-state index in [1.807, 2.05) is 54.6 Å². The predicted molar refractivity (Wildman–Crippen MR) is 117 cm³/mol. The molecule has 30 heavy (non-hydrogen) atoms. The smallest absolute Gasteiger partial charge is 0.141 e. The van der Waals surface area contributed by atoms with Gasteiger partial charge in [-0.05, 0) is 62.1 Å². The van der Waals surface area contributed by atoms with Crippen molar-refractivity contribution in [3.8, 4) is 11.5 Å². The Morgan fingerprint density at radius 1 is 1.03 bits per heavy atom. The van der Waals surface area contributed by atoms with Crippen LogP contribution in [0, 0.1) is 5.41 Å². The van der Waals surface area contributed by atoms with Crippen LogP contribution in [0.1, 0.15) is 36.8 Å². The first-order chi connectivity index (χ1) is 14.6. The van der Waals surface area contributed by atoms with E-state index in [9.17, 15) is 5.11 Å². The van der Waals surface area contributed by atoms with Gasteiger partial charge in [0.25, 0.3) is 0 Å². The molecule has 1 aliphatic carbocycles. The van der Waals surface area contributed by atoms with E-state index < -0.39 is 0 Å². The lowest BCUT2D eigenvalue weighted by Crippen LogP contribution is -2.31. The molecule has 1 fully saturated rings. The third kappa shape index (κ3) is 4.58. The van der Waals surface area contributed by atoms with E-state index in [-0.39, 0.29) is 23.7 Å². The number of nitrogens with one attached hydrogen (secondary N) is 2. The maximum absolute atomic E-state index is 9.95. The van der Waals surface area contributed by atoms with Gasteiger partial charge in [-0.15, -0.1) is 0 Å². The van der Waals surface area contributed by atoms with Gasteiger partial charge >= 0.3 is 0 Å². The van der Waals surface area contributed by atoms with Crippen molar-refractivity contribution in [1.29, 1.82) is 5.41 Å². The number of aromatic nitrogens is 2. The number of nitrogens with zero attached hydrogens (tertiary/aromatic N) is 2. The van der Waals surface area contributed by atoms with E-state index in [4.69, 9.17) is 15.9 Å². The second kappa shape index (κ2) is 8.92. The summed E-state index contributed by atoms with van der Waals surface area (Å²) in [6.07, 6.45) is 4.46. The molecule has 1 aliphatic rings. The summed E-state index contributed by atoms with van der Waals surface area (Å²) in [5.41, 5.74) is 7.50. The van der Waals surface area contributed by atoms with E-state index in [1.54, 1.807) is 0 Å². The number of aliphatic hydroxyl groups excluding tert-OH is 1. The molecular weight excluding hydrogens is 378 g/mol. The Kier molecular flexibility index (Phi) is 5.90. The highest BCUT2D eigenvalue weighted by Crippen LogP contribution is 2.27. The highest BCUT2D eigenvalue weighted by molar-refractivity contribution is 6.16. The van der Waals surface area contributed by atoms with Gasteiger partial charge in [-0.2, -0.15) is 0 Å². The van der Waals surface area contributed by atoms with Crippen LogP contribution >= 0.6 is 0 Å². The molecule has 1 saturated carbocycles. The molecule has 1 heterocycles.